The summed E-state index contributed by atoms with van der Waals surface area (Å²) in [6.45, 7) is 10.5. The molecule has 0 saturated carbocycles. The zero-order valence-corrected chi connectivity index (χ0v) is 17.5. The number of allylic oxidation sites excluding steroid dienone is 1. The molecule has 0 unspecified atom stereocenters. The molecule has 29 heavy (non-hydrogen) atoms. The van der Waals surface area contributed by atoms with Crippen LogP contribution in [0, 0.1) is 45.9 Å². The van der Waals surface area contributed by atoms with Crippen molar-refractivity contribution >= 4 is 22.7 Å². The van der Waals surface area contributed by atoms with Crippen molar-refractivity contribution in [3.8, 4) is 11.8 Å². The summed E-state index contributed by atoms with van der Waals surface area (Å²) in [7, 11) is 0. The van der Waals surface area contributed by atoms with E-state index in [4.69, 9.17) is 0 Å². The maximum Gasteiger partial charge on any atom is 0.149 e. The van der Waals surface area contributed by atoms with Crippen LogP contribution in [0.15, 0.2) is 42.5 Å². The van der Waals surface area contributed by atoms with E-state index in [1.54, 1.807) is 0 Å². The van der Waals surface area contributed by atoms with Crippen molar-refractivity contribution in [1.82, 2.24) is 14.5 Å². The van der Waals surface area contributed by atoms with Crippen molar-refractivity contribution in [2.75, 3.05) is 0 Å². The summed E-state index contributed by atoms with van der Waals surface area (Å²) >= 11 is 0. The largest absolute Gasteiger partial charge is 0.337 e. The molecule has 2 aromatic heterocycles. The van der Waals surface area contributed by atoms with E-state index in [2.05, 4.69) is 72.6 Å². The Labute approximate surface area is 171 Å². The average molecular weight is 380 g/mol. The van der Waals surface area contributed by atoms with Gasteiger partial charge in [-0.05, 0) is 87.2 Å². The third-order valence-electron chi connectivity index (χ3n) is 5.60. The fourth-order valence-corrected chi connectivity index (χ4v) is 3.84. The standard InChI is InChI=1S/C25H24N4/c1-15-9-10-22-23(11-15)28-25(27-22)21(14-26)13-20-12-17(3)29(19(20)5)24-8-6-7-16(2)18(24)4/h6-13H,1-5H3,(H,27,28)/b21-13-. The summed E-state index contributed by atoms with van der Waals surface area (Å²) in [6, 6.07) is 16.9. The van der Waals surface area contributed by atoms with Crippen molar-refractivity contribution < 1.29 is 0 Å². The predicted octanol–water partition coefficient (Wildman–Crippen LogP) is 5.96. The van der Waals surface area contributed by atoms with E-state index in [0.29, 0.717) is 11.4 Å². The lowest BCUT2D eigenvalue weighted by atomic mass is 10.1. The molecule has 2 aromatic carbocycles. The van der Waals surface area contributed by atoms with Crippen LogP contribution < -0.4 is 0 Å². The van der Waals surface area contributed by atoms with Gasteiger partial charge in [-0.1, -0.05) is 18.2 Å². The van der Waals surface area contributed by atoms with Gasteiger partial charge in [-0.3, -0.25) is 0 Å². The van der Waals surface area contributed by atoms with Crippen LogP contribution in [0.1, 0.15) is 39.5 Å². The molecule has 0 saturated heterocycles. The molecule has 4 heteroatoms. The van der Waals surface area contributed by atoms with Gasteiger partial charge < -0.3 is 9.55 Å². The van der Waals surface area contributed by atoms with Gasteiger partial charge in [0.1, 0.15) is 11.9 Å². The Balaban J connectivity index is 1.82. The van der Waals surface area contributed by atoms with E-state index < -0.39 is 0 Å². The van der Waals surface area contributed by atoms with E-state index in [9.17, 15) is 5.26 Å². The number of imidazole rings is 1. The quantitative estimate of drug-likeness (QED) is 0.446. The van der Waals surface area contributed by atoms with Gasteiger partial charge in [-0.25, -0.2) is 4.98 Å². The Bertz CT molecular complexity index is 1310. The highest BCUT2D eigenvalue weighted by Crippen LogP contribution is 2.27. The number of benzene rings is 2. The molecule has 0 aliphatic rings. The molecule has 0 amide bonds. The lowest BCUT2D eigenvalue weighted by Crippen LogP contribution is -2.02. The smallest absolute Gasteiger partial charge is 0.149 e. The normalized spacial score (nSPS) is 11.8. The first-order valence-corrected chi connectivity index (χ1v) is 9.73. The van der Waals surface area contributed by atoms with E-state index in [0.717, 1.165) is 33.5 Å². The number of aryl methyl sites for hydroxylation is 3. The zero-order chi connectivity index (χ0) is 20.7. The topological polar surface area (TPSA) is 57.4 Å². The molecule has 4 aromatic rings. The second-order valence-corrected chi connectivity index (χ2v) is 7.66. The molecule has 0 radical (unpaired) electrons. The lowest BCUT2D eigenvalue weighted by molar-refractivity contribution is 0.950. The summed E-state index contributed by atoms with van der Waals surface area (Å²) < 4.78 is 2.26. The second-order valence-electron chi connectivity index (χ2n) is 7.66. The number of nitrogens with one attached hydrogen (secondary N) is 1. The van der Waals surface area contributed by atoms with Gasteiger partial charge in [0.2, 0.25) is 0 Å². The zero-order valence-electron chi connectivity index (χ0n) is 17.5. The summed E-state index contributed by atoms with van der Waals surface area (Å²) in [5.41, 5.74) is 10.5. The van der Waals surface area contributed by atoms with Gasteiger partial charge in [0.15, 0.2) is 0 Å². The number of hydrogen-bond donors (Lipinski definition) is 1. The van der Waals surface area contributed by atoms with Crippen molar-refractivity contribution in [3.05, 3.63) is 81.9 Å². The first-order valence-electron chi connectivity index (χ1n) is 9.73. The highest BCUT2D eigenvalue weighted by molar-refractivity contribution is 5.91. The number of rotatable bonds is 3. The molecular formula is C25H24N4. The molecule has 4 nitrogen and oxygen atoms in total. The summed E-state index contributed by atoms with van der Waals surface area (Å²) in [6.07, 6.45) is 1.93. The van der Waals surface area contributed by atoms with E-state index in [1.807, 2.05) is 31.2 Å². The summed E-state index contributed by atoms with van der Waals surface area (Å²) in [4.78, 5) is 7.90. The van der Waals surface area contributed by atoms with Gasteiger partial charge >= 0.3 is 0 Å². The molecule has 0 spiro atoms. The van der Waals surface area contributed by atoms with Gasteiger partial charge in [-0.2, -0.15) is 5.26 Å². The van der Waals surface area contributed by atoms with Crippen molar-refractivity contribution in [3.63, 3.8) is 0 Å². The van der Waals surface area contributed by atoms with Gasteiger partial charge in [0, 0.05) is 17.1 Å². The number of nitrogens with zero attached hydrogens (tertiary/aromatic N) is 3. The molecule has 0 fully saturated rings. The number of fused-ring (bicyclic) bond motifs is 1. The van der Waals surface area contributed by atoms with E-state index in [-0.39, 0.29) is 0 Å². The SMILES string of the molecule is Cc1ccc2nc(/C(C#N)=C\c3cc(C)n(-c4cccc(C)c4C)c3C)[nH]c2c1. The van der Waals surface area contributed by atoms with E-state index >= 15 is 0 Å². The summed E-state index contributed by atoms with van der Waals surface area (Å²) in [5, 5.41) is 9.80. The Kier molecular flexibility index (Phi) is 4.60. The van der Waals surface area contributed by atoms with Gasteiger partial charge in [-0.15, -0.1) is 0 Å². The second kappa shape index (κ2) is 7.10. The monoisotopic (exact) mass is 380 g/mol. The first-order chi connectivity index (χ1) is 13.9. The summed E-state index contributed by atoms with van der Waals surface area (Å²) in [5.74, 6) is 0.602. The highest BCUT2D eigenvalue weighted by Gasteiger charge is 2.14. The van der Waals surface area contributed by atoms with Crippen LogP contribution in [0.2, 0.25) is 0 Å². The molecule has 2 heterocycles. The molecule has 0 aliphatic heterocycles. The van der Waals surface area contributed by atoms with Crippen LogP contribution in [-0.2, 0) is 0 Å². The van der Waals surface area contributed by atoms with Crippen molar-refractivity contribution in [2.45, 2.75) is 34.6 Å². The molecule has 0 bridgehead atoms. The Hall–Kier alpha value is -3.58. The molecular weight excluding hydrogens is 356 g/mol. The Morgan fingerprint density at radius 1 is 1.07 bits per heavy atom. The molecule has 0 atom stereocenters. The molecule has 1 N–H and O–H groups in total. The van der Waals surface area contributed by atoms with Crippen LogP contribution in [0.4, 0.5) is 0 Å². The fraction of sp³-hybridized carbons (Fsp3) is 0.200. The minimum Gasteiger partial charge on any atom is -0.337 e. The maximum atomic E-state index is 9.80. The van der Waals surface area contributed by atoms with Crippen LogP contribution in [-0.4, -0.2) is 14.5 Å². The fourth-order valence-electron chi connectivity index (χ4n) is 3.84. The molecule has 0 aliphatic carbocycles. The minimum atomic E-state index is 0.528. The lowest BCUT2D eigenvalue weighted by Gasteiger charge is -2.14. The average Bonchev–Trinajstić information content (AvgIpc) is 3.22. The number of nitriles is 1. The van der Waals surface area contributed by atoms with Gasteiger partial charge in [0.05, 0.1) is 16.6 Å². The van der Waals surface area contributed by atoms with Crippen LogP contribution in [0.5, 0.6) is 0 Å². The third kappa shape index (κ3) is 3.25. The van der Waals surface area contributed by atoms with Crippen molar-refractivity contribution in [1.29, 1.82) is 5.26 Å². The van der Waals surface area contributed by atoms with Gasteiger partial charge in [0.25, 0.3) is 0 Å². The Morgan fingerprint density at radius 3 is 2.62 bits per heavy atom. The number of H-pyrrole nitrogens is 1. The van der Waals surface area contributed by atoms with E-state index in [1.165, 1.54) is 16.8 Å². The van der Waals surface area contributed by atoms with Crippen LogP contribution in [0.3, 0.4) is 0 Å². The van der Waals surface area contributed by atoms with Crippen molar-refractivity contribution in [2.24, 2.45) is 0 Å². The maximum absolute atomic E-state index is 9.80. The first kappa shape index (κ1) is 18.8. The minimum absolute atomic E-state index is 0.528. The van der Waals surface area contributed by atoms with Crippen LogP contribution in [0.25, 0.3) is 28.4 Å². The number of hydrogen-bond acceptors (Lipinski definition) is 2. The molecule has 144 valence electrons. The third-order valence-corrected chi connectivity index (χ3v) is 5.60. The predicted molar refractivity (Wildman–Crippen MR) is 119 cm³/mol. The van der Waals surface area contributed by atoms with Crippen LogP contribution >= 0.6 is 0 Å². The Morgan fingerprint density at radius 2 is 1.86 bits per heavy atom. The number of aromatic amines is 1. The highest BCUT2D eigenvalue weighted by atomic mass is 15.0. The number of aromatic nitrogens is 3. The molecule has 4 rings (SSSR count).